The van der Waals surface area contributed by atoms with Gasteiger partial charge in [-0.25, -0.2) is 0 Å². The molecule has 0 heterocycles. The number of fused-ring (bicyclic) bond motifs is 3. The fourth-order valence-electron chi connectivity index (χ4n) is 6.40. The van der Waals surface area contributed by atoms with Crippen molar-refractivity contribution in [2.45, 2.75) is 24.5 Å². The molecule has 13 nitrogen and oxygen atoms in total. The van der Waals surface area contributed by atoms with E-state index in [0.717, 1.165) is 0 Å². The van der Waals surface area contributed by atoms with E-state index >= 15 is 0 Å². The second-order valence-corrected chi connectivity index (χ2v) is 11.2. The van der Waals surface area contributed by atoms with E-state index < -0.39 is 69.7 Å². The van der Waals surface area contributed by atoms with Crippen molar-refractivity contribution >= 4 is 29.1 Å². The molecule has 1 aromatic rings. The van der Waals surface area contributed by atoms with Crippen LogP contribution in [-0.4, -0.2) is 121 Å². The third kappa shape index (κ3) is 4.35. The summed E-state index contributed by atoms with van der Waals surface area (Å²) in [5.74, 6) is -8.05. The number of rotatable bonds is 7. The summed E-state index contributed by atoms with van der Waals surface area (Å²) < 4.78 is 5.03. The fraction of sp³-hybridized carbons (Fsp3) is 0.500. The van der Waals surface area contributed by atoms with Gasteiger partial charge in [0.15, 0.2) is 11.4 Å². The summed E-state index contributed by atoms with van der Waals surface area (Å²) in [6.45, 7) is 0.464. The molecule has 0 fully saturated rings. The van der Waals surface area contributed by atoms with E-state index in [4.69, 9.17) is 10.5 Å². The molecule has 0 aliphatic heterocycles. The van der Waals surface area contributed by atoms with Gasteiger partial charge in [0.05, 0.1) is 23.8 Å². The van der Waals surface area contributed by atoms with Crippen molar-refractivity contribution in [3.8, 4) is 5.75 Å². The smallest absolute Gasteiger partial charge is 0.257 e. The molecule has 41 heavy (non-hydrogen) atoms. The van der Waals surface area contributed by atoms with Crippen molar-refractivity contribution in [1.29, 1.82) is 0 Å². The van der Waals surface area contributed by atoms with Crippen LogP contribution in [0.1, 0.15) is 32.7 Å². The number of hydrogen-bond donors (Lipinski definition) is 5. The molecule has 13 heteroatoms. The van der Waals surface area contributed by atoms with Crippen LogP contribution in [0, 0.1) is 11.8 Å². The number of likely N-dealkylation sites (N-methyl/N-ethyl adjacent to an activating group) is 2. The van der Waals surface area contributed by atoms with Crippen molar-refractivity contribution < 1.29 is 44.3 Å². The average Bonchev–Trinajstić information content (AvgIpc) is 2.88. The maximum absolute atomic E-state index is 14.1. The van der Waals surface area contributed by atoms with Gasteiger partial charge >= 0.3 is 0 Å². The maximum Gasteiger partial charge on any atom is 0.257 e. The summed E-state index contributed by atoms with van der Waals surface area (Å²) in [6, 6.07) is 0.422. The predicted molar refractivity (Wildman–Crippen MR) is 147 cm³/mol. The standard InChI is InChI=1S/C28H36N4O9/c1-30(2)16-11-14(27(39)32(5)7-8-41-6)21(33)18-13(16)9-12-10-15-20(31(3)4)23(35)19(26(29)38)25(37)28(15,40)24(36)17(12)22(18)34/h11-12,15,20,33,35-36,40H,7-10H2,1-6H3,(H2,29,38)/t12-,15-,20-,28-/m0/s1. The molecular formula is C28H36N4O9. The molecule has 0 spiro atoms. The molecule has 222 valence electrons. The van der Waals surface area contributed by atoms with Gasteiger partial charge in [-0.2, -0.15) is 0 Å². The number of phenols is 1. The Labute approximate surface area is 237 Å². The van der Waals surface area contributed by atoms with Crippen LogP contribution in [0.4, 0.5) is 5.69 Å². The molecule has 0 saturated heterocycles. The highest BCUT2D eigenvalue weighted by Crippen LogP contribution is 2.53. The van der Waals surface area contributed by atoms with Crippen molar-refractivity contribution in [2.75, 3.05) is 60.4 Å². The Balaban J connectivity index is 1.94. The number of nitrogens with zero attached hydrogens (tertiary/aromatic N) is 3. The first-order chi connectivity index (χ1) is 19.1. The van der Waals surface area contributed by atoms with Gasteiger partial charge in [0.25, 0.3) is 11.8 Å². The first-order valence-electron chi connectivity index (χ1n) is 13.1. The Hall–Kier alpha value is -3.94. The number of allylic oxidation sites excluding steroid dienone is 1. The Morgan fingerprint density at radius 2 is 1.76 bits per heavy atom. The molecule has 4 atom stereocenters. The number of nitrogens with two attached hydrogens (primary N) is 1. The molecule has 1 aromatic carbocycles. The molecule has 4 rings (SSSR count). The van der Waals surface area contributed by atoms with Crippen molar-refractivity contribution in [1.82, 2.24) is 9.80 Å². The van der Waals surface area contributed by atoms with Gasteiger partial charge in [-0.15, -0.1) is 0 Å². The molecule has 3 aliphatic carbocycles. The van der Waals surface area contributed by atoms with E-state index in [2.05, 4.69) is 0 Å². The second-order valence-electron chi connectivity index (χ2n) is 11.2. The largest absolute Gasteiger partial charge is 0.510 e. The van der Waals surface area contributed by atoms with Crippen LogP contribution >= 0.6 is 0 Å². The number of aliphatic hydroxyl groups excluding tert-OH is 2. The zero-order valence-corrected chi connectivity index (χ0v) is 23.9. The van der Waals surface area contributed by atoms with Gasteiger partial charge in [-0.3, -0.25) is 24.1 Å². The zero-order chi connectivity index (χ0) is 30.7. The Morgan fingerprint density at radius 1 is 1.12 bits per heavy atom. The summed E-state index contributed by atoms with van der Waals surface area (Å²) >= 11 is 0. The van der Waals surface area contributed by atoms with Gasteiger partial charge in [0, 0.05) is 52.0 Å². The summed E-state index contributed by atoms with van der Waals surface area (Å²) in [4.78, 5) is 57.4. The number of anilines is 1. The van der Waals surface area contributed by atoms with E-state index in [0.29, 0.717) is 11.3 Å². The number of ether oxygens (including phenoxy) is 1. The van der Waals surface area contributed by atoms with Crippen molar-refractivity contribution in [2.24, 2.45) is 17.6 Å². The lowest BCUT2D eigenvalue weighted by Gasteiger charge is -2.50. The maximum atomic E-state index is 14.1. The number of aromatic hydroxyl groups is 1. The number of primary amides is 1. The normalized spacial score (nSPS) is 25.6. The number of aliphatic hydroxyl groups is 3. The summed E-state index contributed by atoms with van der Waals surface area (Å²) in [6.07, 6.45) is 0.0867. The van der Waals surface area contributed by atoms with E-state index in [9.17, 15) is 39.6 Å². The topological polar surface area (TPSA) is 194 Å². The molecule has 0 aromatic heterocycles. The number of Topliss-reactive ketones (excluding diaryl/α,β-unsaturated/α-hetero) is 2. The van der Waals surface area contributed by atoms with Crippen LogP contribution in [0.3, 0.4) is 0 Å². The number of benzene rings is 1. The molecule has 0 bridgehead atoms. The first-order valence-corrected chi connectivity index (χ1v) is 13.1. The van der Waals surface area contributed by atoms with Crippen LogP contribution < -0.4 is 10.6 Å². The van der Waals surface area contributed by atoms with E-state index in [-0.39, 0.29) is 42.7 Å². The average molecular weight is 573 g/mol. The van der Waals surface area contributed by atoms with E-state index in [1.807, 2.05) is 0 Å². The Kier molecular flexibility index (Phi) is 7.67. The van der Waals surface area contributed by atoms with E-state index in [1.54, 1.807) is 33.1 Å². The first kappa shape index (κ1) is 30.0. The third-order valence-electron chi connectivity index (χ3n) is 8.39. The number of carbonyl (C=O) groups excluding carboxylic acids is 4. The number of amides is 2. The highest BCUT2D eigenvalue weighted by atomic mass is 16.5. The fourth-order valence-corrected chi connectivity index (χ4v) is 6.40. The minimum Gasteiger partial charge on any atom is -0.510 e. The van der Waals surface area contributed by atoms with Crippen LogP contribution in [-0.2, 0) is 20.7 Å². The Morgan fingerprint density at radius 3 is 2.29 bits per heavy atom. The lowest BCUT2D eigenvalue weighted by atomic mass is 9.58. The lowest BCUT2D eigenvalue weighted by Crippen LogP contribution is -2.63. The SMILES string of the molecule is COCCN(C)C(=O)c1cc(N(C)C)c2c(c1O)C(=O)C1=C(O)[C@]3(O)C(=O)C(C(N)=O)=C(O)[C@@H](N(C)C)[C@@H]3C[C@@H]1C2. The van der Waals surface area contributed by atoms with Crippen LogP contribution in [0.15, 0.2) is 28.7 Å². The molecule has 0 unspecified atom stereocenters. The molecule has 6 N–H and O–H groups in total. The molecule has 2 amide bonds. The molecule has 0 saturated carbocycles. The quantitative estimate of drug-likeness (QED) is 0.274. The number of ketones is 2. The van der Waals surface area contributed by atoms with Crippen LogP contribution in [0.25, 0.3) is 0 Å². The summed E-state index contributed by atoms with van der Waals surface area (Å²) in [5, 5.41) is 45.4. The van der Waals surface area contributed by atoms with E-state index in [1.165, 1.54) is 30.0 Å². The van der Waals surface area contributed by atoms with Gasteiger partial charge in [-0.05, 0) is 44.5 Å². The minimum absolute atomic E-state index is 0.0279. The van der Waals surface area contributed by atoms with Crippen LogP contribution in [0.2, 0.25) is 0 Å². The monoisotopic (exact) mass is 572 g/mol. The number of carbonyl (C=O) groups is 4. The molecule has 3 aliphatic rings. The summed E-state index contributed by atoms with van der Waals surface area (Å²) in [7, 11) is 9.58. The van der Waals surface area contributed by atoms with Gasteiger partial charge in [-0.1, -0.05) is 0 Å². The predicted octanol–water partition coefficient (Wildman–Crippen LogP) is -0.0950. The van der Waals surface area contributed by atoms with Gasteiger partial charge in [0.1, 0.15) is 22.8 Å². The van der Waals surface area contributed by atoms with Gasteiger partial charge < -0.3 is 40.7 Å². The lowest BCUT2D eigenvalue weighted by molar-refractivity contribution is -0.148. The van der Waals surface area contributed by atoms with Gasteiger partial charge in [0.2, 0.25) is 5.78 Å². The third-order valence-corrected chi connectivity index (χ3v) is 8.39. The second kappa shape index (κ2) is 10.5. The van der Waals surface area contributed by atoms with Crippen LogP contribution in [0.5, 0.6) is 5.75 Å². The van der Waals surface area contributed by atoms with Crippen molar-refractivity contribution in [3.63, 3.8) is 0 Å². The number of methoxy groups -OCH3 is 1. The van der Waals surface area contributed by atoms with Crippen molar-refractivity contribution in [3.05, 3.63) is 45.4 Å². The zero-order valence-electron chi connectivity index (χ0n) is 23.9. The highest BCUT2D eigenvalue weighted by Gasteiger charge is 2.63. The summed E-state index contributed by atoms with van der Waals surface area (Å²) in [5.41, 5.74) is 2.04. The minimum atomic E-state index is -2.74. The highest BCUT2D eigenvalue weighted by molar-refractivity contribution is 6.25. The Bertz CT molecular complexity index is 1410. The number of phenolic OH excluding ortho intramolecular Hbond substituents is 1. The molecule has 0 radical (unpaired) electrons. The molecular weight excluding hydrogens is 536 g/mol. The number of hydrogen-bond acceptors (Lipinski definition) is 11.